The molecule has 16 bridgehead atoms. The van der Waals surface area contributed by atoms with Crippen LogP contribution < -0.4 is 4.74 Å². The summed E-state index contributed by atoms with van der Waals surface area (Å²) in [5.74, 6) is 1.60. The van der Waals surface area contributed by atoms with Crippen LogP contribution in [0.1, 0.15) is 142 Å². The lowest BCUT2D eigenvalue weighted by molar-refractivity contribution is 0.421. The Morgan fingerprint density at radius 3 is 0.795 bits per heavy atom. The zero-order valence-corrected chi connectivity index (χ0v) is 70.5. The van der Waals surface area contributed by atoms with Gasteiger partial charge in [0.15, 0.2) is 0 Å². The van der Waals surface area contributed by atoms with E-state index < -0.39 is 5.41 Å². The number of aryl methyl sites for hydroxylation is 8. The lowest BCUT2D eigenvalue weighted by atomic mass is 9.73. The molecule has 18 aromatic rings. The van der Waals surface area contributed by atoms with Crippen LogP contribution in [0, 0.1) is 27.7 Å². The first kappa shape index (κ1) is 75.0. The van der Waals surface area contributed by atoms with E-state index >= 15 is 0 Å². The molecule has 0 fully saturated rings. The molecule has 0 radical (unpaired) electrons. The first-order chi connectivity index (χ1) is 59.8. The van der Waals surface area contributed by atoms with E-state index in [1.807, 2.05) is 0 Å². The summed E-state index contributed by atoms with van der Waals surface area (Å²) in [5.41, 5.74) is 47.7. The molecule has 0 atom stereocenters. The van der Waals surface area contributed by atoms with Gasteiger partial charge in [0.25, 0.3) is 0 Å². The quantitative estimate of drug-likeness (QED) is 0.0649. The second kappa shape index (κ2) is 30.1. The topological polar surface area (TPSA) is 130 Å². The predicted octanol–water partition coefficient (Wildman–Crippen LogP) is 29.3. The number of rotatable bonds is 14. The van der Waals surface area contributed by atoms with Crippen LogP contribution in [0.4, 0.5) is 0 Å². The van der Waals surface area contributed by atoms with E-state index in [1.54, 1.807) is 0 Å². The van der Waals surface area contributed by atoms with Crippen LogP contribution in [-0.4, -0.2) is 39.9 Å². The smallest absolute Gasteiger partial charge is 0.139 e. The summed E-state index contributed by atoms with van der Waals surface area (Å²) >= 11 is 0. The first-order valence-electron chi connectivity index (χ1n) is 43.1. The Labute approximate surface area is 711 Å². The molecule has 0 saturated carbocycles. The molecule has 0 spiro atoms. The molecule has 3 aliphatic heterocycles. The van der Waals surface area contributed by atoms with Crippen LogP contribution in [0.2, 0.25) is 0 Å². The molecule has 11 heterocycles. The molecular weight excluding hydrogens is 1490 g/mol. The molecular formula is C113H94N8O. The van der Waals surface area contributed by atoms with Crippen molar-refractivity contribution in [3.8, 4) is 78.3 Å². The SMILES string of the molecule is CCc1c(C)c2[nH]c1cc1nc(c3[nH]c(cc4[nH]c(c(C)c4CC)c2-c2cccc4c2Oc2c(-c5c6[nH]c(cc7nc(c8[nH]c(cc9[nH]c5c(C)c9CC)c(-c5ccccc5)c8-c5ccccc5)C(c5ccccc5)=C7c5ccccc5)c(CC)c6C)cccc2C4(C)C)c(-c2ccccc2)c3-c2ccccc2)C(c2ccccc2)=C1c1ccccc1. The highest BCUT2D eigenvalue weighted by atomic mass is 16.5. The van der Waals surface area contributed by atoms with Gasteiger partial charge in [-0.2, -0.15) is 0 Å². The number of nitrogens with zero attached hydrogens (tertiary/aromatic N) is 2. The average Bonchev–Trinajstić information content (AvgIpc) is 1.62. The minimum atomic E-state index is -0.606. The lowest BCUT2D eigenvalue weighted by Gasteiger charge is -2.36. The number of hydrogen-bond acceptors (Lipinski definition) is 3. The van der Waals surface area contributed by atoms with Gasteiger partial charge in [-0.05, 0) is 167 Å². The number of aromatic nitrogens is 8. The fraction of sp³-hybridized carbons (Fsp3) is 0.133. The van der Waals surface area contributed by atoms with Crippen LogP contribution >= 0.6 is 0 Å². The number of aromatic amines is 6. The molecule has 122 heavy (non-hydrogen) atoms. The van der Waals surface area contributed by atoms with Gasteiger partial charge in [0.1, 0.15) is 11.5 Å². The summed E-state index contributed by atoms with van der Waals surface area (Å²) < 4.78 is 8.31. The second-order valence-electron chi connectivity index (χ2n) is 33.3. The molecule has 21 rings (SSSR count). The minimum absolute atomic E-state index is 0.606. The summed E-state index contributed by atoms with van der Waals surface area (Å²) in [5, 5.41) is 0. The lowest BCUT2D eigenvalue weighted by Crippen LogP contribution is -2.25. The number of benzene rings is 10. The van der Waals surface area contributed by atoms with Crippen molar-refractivity contribution < 1.29 is 4.74 Å². The molecule has 9 nitrogen and oxygen atoms in total. The zero-order valence-electron chi connectivity index (χ0n) is 70.5. The van der Waals surface area contributed by atoms with Crippen LogP contribution in [0.5, 0.6) is 11.5 Å². The van der Waals surface area contributed by atoms with Crippen molar-refractivity contribution in [2.75, 3.05) is 0 Å². The number of H-pyrrole nitrogens is 6. The maximum Gasteiger partial charge on any atom is 0.139 e. The second-order valence-corrected chi connectivity index (χ2v) is 33.3. The number of ether oxygens (including phenoxy) is 1. The maximum absolute atomic E-state index is 8.31. The van der Waals surface area contributed by atoms with Crippen molar-refractivity contribution in [2.45, 2.75) is 100 Å². The van der Waals surface area contributed by atoms with E-state index in [9.17, 15) is 0 Å². The Kier molecular flexibility index (Phi) is 18.5. The van der Waals surface area contributed by atoms with E-state index in [2.05, 4.69) is 402 Å². The Bertz CT molecular complexity index is 7130. The predicted molar refractivity (Wildman–Crippen MR) is 510 cm³/mol. The minimum Gasteiger partial charge on any atom is -0.455 e. The summed E-state index contributed by atoms with van der Waals surface area (Å²) in [6.07, 6.45) is 3.04. The molecule has 0 unspecified atom stereocenters. The maximum atomic E-state index is 8.31. The van der Waals surface area contributed by atoms with E-state index in [-0.39, 0.29) is 0 Å². The molecule has 0 amide bonds. The Morgan fingerprint density at radius 2 is 0.508 bits per heavy atom. The monoisotopic (exact) mass is 1580 g/mol. The van der Waals surface area contributed by atoms with Crippen molar-refractivity contribution in [1.29, 1.82) is 0 Å². The van der Waals surface area contributed by atoms with Gasteiger partial charge in [-0.3, -0.25) is 0 Å². The summed E-state index contributed by atoms with van der Waals surface area (Å²) in [6, 6.07) is 110. The van der Waals surface area contributed by atoms with E-state index in [1.165, 1.54) is 33.4 Å². The van der Waals surface area contributed by atoms with Gasteiger partial charge in [-0.15, -0.1) is 0 Å². The molecule has 592 valence electrons. The highest BCUT2D eigenvalue weighted by Gasteiger charge is 2.40. The average molecular weight is 1580 g/mol. The third-order valence-electron chi connectivity index (χ3n) is 26.3. The van der Waals surface area contributed by atoms with Crippen LogP contribution in [-0.2, 0) is 31.1 Å². The van der Waals surface area contributed by atoms with Crippen molar-refractivity contribution >= 4 is 88.5 Å². The van der Waals surface area contributed by atoms with E-state index in [0.29, 0.717) is 0 Å². The van der Waals surface area contributed by atoms with Gasteiger partial charge >= 0.3 is 0 Å². The van der Waals surface area contributed by atoms with Gasteiger partial charge in [0.2, 0.25) is 0 Å². The zero-order chi connectivity index (χ0) is 82.8. The highest BCUT2D eigenvalue weighted by molar-refractivity contribution is 6.17. The van der Waals surface area contributed by atoms with Crippen molar-refractivity contribution in [3.05, 3.63) is 404 Å². The summed E-state index contributed by atoms with van der Waals surface area (Å²) in [6.45, 7) is 23.2. The van der Waals surface area contributed by atoms with Crippen LogP contribution in [0.15, 0.2) is 303 Å². The molecule has 10 aromatic carbocycles. The van der Waals surface area contributed by atoms with Gasteiger partial charge in [0.05, 0.1) is 55.9 Å². The number of hydrogen-bond donors (Lipinski definition) is 6. The van der Waals surface area contributed by atoms with E-state index in [4.69, 9.17) is 14.7 Å². The molecule has 6 N–H and O–H groups in total. The normalized spacial score (nSPS) is 13.0. The Morgan fingerprint density at radius 1 is 0.254 bits per heavy atom. The Balaban J connectivity index is 0.876. The van der Waals surface area contributed by atoms with Crippen molar-refractivity contribution in [2.24, 2.45) is 0 Å². The fourth-order valence-corrected chi connectivity index (χ4v) is 20.5. The van der Waals surface area contributed by atoms with E-state index in [0.717, 1.165) is 260 Å². The number of para-hydroxylation sites is 2. The third kappa shape index (κ3) is 12.0. The first-order valence-corrected chi connectivity index (χ1v) is 43.1. The number of fused-ring (bicyclic) bond motifs is 20. The standard InChI is InChI=1S/C113H94N8O/c1-11-77-65(5)103-101(104-66(6)78(12-2)86(115-104)62-90-94(70-43-25-16-26-44-70)98(74-51-33-20-34-52-74)108(119-90)107-97(73-49-31-19-32-50-73)93(69-41-23-15-24-42-69)89(118-107)61-85(77)114-103)81-57-39-59-83-111(81)122-112-82(58-40-60-84(112)113(83,9)10)102-105-67(7)79(13-3)87(116-105)63-91-95(71-45-27-17-28-46-71)99(75-53-35-21-36-54-75)109(120-91)110-100(76-55-37-22-38-56-76)96(72-47-29-18-30-48-72)92(121-110)64-88-80(14-4)68(8)106(102)117-88/h15-64,114-118,120H,11-14H2,1-10H3. The molecule has 9 heteroatoms. The van der Waals surface area contributed by atoms with Gasteiger partial charge < -0.3 is 34.6 Å². The Hall–Kier alpha value is -14.5. The van der Waals surface area contributed by atoms with Gasteiger partial charge in [-0.25, -0.2) is 9.97 Å². The van der Waals surface area contributed by atoms with Crippen molar-refractivity contribution in [1.82, 2.24) is 39.9 Å². The van der Waals surface area contributed by atoms with Crippen molar-refractivity contribution in [3.63, 3.8) is 0 Å². The highest BCUT2D eigenvalue weighted by Crippen LogP contribution is 2.58. The summed E-state index contributed by atoms with van der Waals surface area (Å²) in [4.78, 5) is 37.6. The fourth-order valence-electron chi connectivity index (χ4n) is 20.5. The third-order valence-corrected chi connectivity index (χ3v) is 26.3. The molecule has 8 aromatic heterocycles. The largest absolute Gasteiger partial charge is 0.455 e. The van der Waals surface area contributed by atoms with Gasteiger partial charge in [-0.1, -0.05) is 321 Å². The molecule has 3 aliphatic rings. The molecule has 0 saturated heterocycles. The van der Waals surface area contributed by atoms with Gasteiger partial charge in [0, 0.05) is 116 Å². The molecule has 0 aliphatic carbocycles. The van der Waals surface area contributed by atoms with Crippen LogP contribution in [0.25, 0.3) is 155 Å². The van der Waals surface area contributed by atoms with Crippen LogP contribution in [0.3, 0.4) is 0 Å². The summed E-state index contributed by atoms with van der Waals surface area (Å²) in [7, 11) is 0. The number of nitrogens with one attached hydrogen (secondary N) is 6.